The molecule has 2 N–H and O–H groups in total. The Morgan fingerprint density at radius 2 is 1.62 bits per heavy atom. The summed E-state index contributed by atoms with van der Waals surface area (Å²) in [5, 5.41) is 0. The van der Waals surface area contributed by atoms with Gasteiger partial charge in [0.2, 0.25) is 0 Å². The number of hydrogen-bond acceptors (Lipinski definition) is 6. The van der Waals surface area contributed by atoms with Crippen LogP contribution in [0.5, 0.6) is 0 Å². The van der Waals surface area contributed by atoms with Gasteiger partial charge in [0.25, 0.3) is 0 Å². The molecule has 0 spiro atoms. The van der Waals surface area contributed by atoms with Crippen molar-refractivity contribution in [2.24, 2.45) is 5.73 Å². The third kappa shape index (κ3) is 11.6. The van der Waals surface area contributed by atoms with Crippen LogP contribution in [-0.4, -0.2) is 58.3 Å². The number of carbonyl (C=O) groups is 1. The van der Waals surface area contributed by atoms with E-state index in [2.05, 4.69) is 0 Å². The van der Waals surface area contributed by atoms with E-state index < -0.39 is 5.54 Å². The minimum Gasteiger partial charge on any atom is -0.465 e. The summed E-state index contributed by atoms with van der Waals surface area (Å²) < 4.78 is 20.6. The predicted octanol–water partition coefficient (Wildman–Crippen LogP) is 1.51. The van der Waals surface area contributed by atoms with Gasteiger partial charge in [0.1, 0.15) is 5.54 Å². The predicted molar refractivity (Wildman–Crippen MR) is 81.2 cm³/mol. The summed E-state index contributed by atoms with van der Waals surface area (Å²) in [4.78, 5) is 11.6. The highest BCUT2D eigenvalue weighted by Crippen LogP contribution is 2.12. The Morgan fingerprint density at radius 3 is 2.24 bits per heavy atom. The van der Waals surface area contributed by atoms with E-state index >= 15 is 0 Å². The third-order valence-electron chi connectivity index (χ3n) is 2.99. The zero-order chi connectivity index (χ0) is 16.0. The fraction of sp³-hybridized carbons (Fsp3) is 0.933. The smallest absolute Gasteiger partial charge is 0.325 e. The molecule has 6 heteroatoms. The Hall–Kier alpha value is -0.690. The SMILES string of the molecule is CCOC(=O)C(C)(N)CCCCOCCCOCCOC. The molecule has 0 saturated carbocycles. The van der Waals surface area contributed by atoms with Crippen molar-refractivity contribution in [3.63, 3.8) is 0 Å². The quantitative estimate of drug-likeness (QED) is 0.387. The van der Waals surface area contributed by atoms with Gasteiger partial charge in [-0.3, -0.25) is 4.79 Å². The Bertz CT molecular complexity index is 258. The van der Waals surface area contributed by atoms with Crippen molar-refractivity contribution in [2.45, 2.75) is 45.1 Å². The number of esters is 1. The molecule has 126 valence electrons. The minimum absolute atomic E-state index is 0.334. The van der Waals surface area contributed by atoms with Crippen LogP contribution in [-0.2, 0) is 23.7 Å². The molecule has 0 bridgehead atoms. The molecule has 0 aliphatic rings. The molecule has 0 saturated heterocycles. The van der Waals surface area contributed by atoms with Crippen molar-refractivity contribution in [1.82, 2.24) is 0 Å². The number of hydrogen-bond donors (Lipinski definition) is 1. The summed E-state index contributed by atoms with van der Waals surface area (Å²) in [6.07, 6.45) is 3.21. The molecule has 1 unspecified atom stereocenters. The van der Waals surface area contributed by atoms with Gasteiger partial charge >= 0.3 is 5.97 Å². The lowest BCUT2D eigenvalue weighted by molar-refractivity contribution is -0.149. The summed E-state index contributed by atoms with van der Waals surface area (Å²) in [6.45, 7) is 7.15. The lowest BCUT2D eigenvalue weighted by Gasteiger charge is -2.21. The van der Waals surface area contributed by atoms with Gasteiger partial charge in [0, 0.05) is 26.9 Å². The van der Waals surface area contributed by atoms with Crippen molar-refractivity contribution >= 4 is 5.97 Å². The molecule has 0 aromatic carbocycles. The first-order valence-electron chi connectivity index (χ1n) is 7.65. The van der Waals surface area contributed by atoms with Gasteiger partial charge in [-0.1, -0.05) is 0 Å². The van der Waals surface area contributed by atoms with Gasteiger partial charge in [0.15, 0.2) is 0 Å². The molecule has 0 aromatic heterocycles. The van der Waals surface area contributed by atoms with Crippen LogP contribution in [0.4, 0.5) is 0 Å². The molecule has 0 rings (SSSR count). The first-order chi connectivity index (χ1) is 10.0. The van der Waals surface area contributed by atoms with E-state index in [1.807, 2.05) is 0 Å². The number of unbranched alkanes of at least 4 members (excludes halogenated alkanes) is 1. The van der Waals surface area contributed by atoms with Gasteiger partial charge < -0.3 is 24.7 Å². The fourth-order valence-electron chi connectivity index (χ4n) is 1.70. The van der Waals surface area contributed by atoms with Crippen LogP contribution in [0.2, 0.25) is 0 Å². The topological polar surface area (TPSA) is 80.0 Å². The van der Waals surface area contributed by atoms with Crippen molar-refractivity contribution < 1.29 is 23.7 Å². The van der Waals surface area contributed by atoms with Crippen molar-refractivity contribution in [2.75, 3.05) is 46.8 Å². The van der Waals surface area contributed by atoms with Crippen LogP contribution < -0.4 is 5.73 Å². The van der Waals surface area contributed by atoms with Gasteiger partial charge in [-0.2, -0.15) is 0 Å². The Labute approximate surface area is 128 Å². The molecule has 6 nitrogen and oxygen atoms in total. The minimum atomic E-state index is -0.898. The van der Waals surface area contributed by atoms with Crippen molar-refractivity contribution in [1.29, 1.82) is 0 Å². The molecule has 0 aliphatic heterocycles. The normalized spacial score (nSPS) is 13.9. The van der Waals surface area contributed by atoms with Crippen LogP contribution in [0.15, 0.2) is 0 Å². The monoisotopic (exact) mass is 305 g/mol. The van der Waals surface area contributed by atoms with Crippen LogP contribution in [0, 0.1) is 0 Å². The highest BCUT2D eigenvalue weighted by molar-refractivity contribution is 5.79. The number of methoxy groups -OCH3 is 1. The number of nitrogens with two attached hydrogens (primary N) is 1. The second-order valence-corrected chi connectivity index (χ2v) is 5.17. The van der Waals surface area contributed by atoms with E-state index in [1.165, 1.54) is 0 Å². The first kappa shape index (κ1) is 20.3. The van der Waals surface area contributed by atoms with E-state index in [-0.39, 0.29) is 5.97 Å². The molecule has 0 heterocycles. The molecule has 0 aliphatic carbocycles. The molecule has 1 atom stereocenters. The summed E-state index contributed by atoms with van der Waals surface area (Å²) in [7, 11) is 1.65. The highest BCUT2D eigenvalue weighted by Gasteiger charge is 2.28. The Balaban J connectivity index is 3.37. The summed E-state index contributed by atoms with van der Waals surface area (Å²) in [5.74, 6) is -0.334. The summed E-state index contributed by atoms with van der Waals surface area (Å²) in [5.41, 5.74) is 5.03. The van der Waals surface area contributed by atoms with E-state index in [1.54, 1.807) is 21.0 Å². The molecular formula is C15H31NO5. The maximum atomic E-state index is 11.6. The first-order valence-corrected chi connectivity index (χ1v) is 7.65. The van der Waals surface area contributed by atoms with Crippen molar-refractivity contribution in [3.05, 3.63) is 0 Å². The molecule has 0 radical (unpaired) electrons. The van der Waals surface area contributed by atoms with Crippen molar-refractivity contribution in [3.8, 4) is 0 Å². The second-order valence-electron chi connectivity index (χ2n) is 5.17. The molecule has 0 fully saturated rings. The van der Waals surface area contributed by atoms with E-state index in [0.717, 1.165) is 19.3 Å². The van der Waals surface area contributed by atoms with Crippen LogP contribution in [0.3, 0.4) is 0 Å². The van der Waals surface area contributed by atoms with Crippen LogP contribution >= 0.6 is 0 Å². The average molecular weight is 305 g/mol. The number of ether oxygens (including phenoxy) is 4. The lowest BCUT2D eigenvalue weighted by atomic mass is 9.96. The number of carbonyl (C=O) groups excluding carboxylic acids is 1. The molecule has 0 amide bonds. The maximum absolute atomic E-state index is 11.6. The van der Waals surface area contributed by atoms with Gasteiger partial charge in [-0.05, 0) is 39.5 Å². The molecule has 21 heavy (non-hydrogen) atoms. The van der Waals surface area contributed by atoms with Gasteiger partial charge in [-0.15, -0.1) is 0 Å². The van der Waals surface area contributed by atoms with Crippen LogP contribution in [0.25, 0.3) is 0 Å². The second kappa shape index (κ2) is 13.0. The third-order valence-corrected chi connectivity index (χ3v) is 2.99. The van der Waals surface area contributed by atoms with Gasteiger partial charge in [-0.25, -0.2) is 0 Å². The average Bonchev–Trinajstić information content (AvgIpc) is 2.45. The zero-order valence-corrected chi connectivity index (χ0v) is 13.7. The number of rotatable bonds is 14. The molecular weight excluding hydrogens is 274 g/mol. The summed E-state index contributed by atoms with van der Waals surface area (Å²) >= 11 is 0. The standard InChI is InChI=1S/C15H31NO5/c1-4-21-14(17)15(2,16)8-5-6-9-19-10-7-11-20-13-12-18-3/h4-13,16H2,1-3H3. The fourth-order valence-corrected chi connectivity index (χ4v) is 1.70. The summed E-state index contributed by atoms with van der Waals surface area (Å²) in [6, 6.07) is 0. The Morgan fingerprint density at radius 1 is 1.00 bits per heavy atom. The van der Waals surface area contributed by atoms with Crippen LogP contribution in [0.1, 0.15) is 39.5 Å². The van der Waals surface area contributed by atoms with E-state index in [9.17, 15) is 4.79 Å². The zero-order valence-electron chi connectivity index (χ0n) is 13.7. The Kier molecular flexibility index (Phi) is 12.6. The van der Waals surface area contributed by atoms with E-state index in [0.29, 0.717) is 46.1 Å². The maximum Gasteiger partial charge on any atom is 0.325 e. The largest absolute Gasteiger partial charge is 0.465 e. The van der Waals surface area contributed by atoms with Gasteiger partial charge in [0.05, 0.1) is 19.8 Å². The van der Waals surface area contributed by atoms with E-state index in [4.69, 9.17) is 24.7 Å². The lowest BCUT2D eigenvalue weighted by Crippen LogP contribution is -2.46. The highest BCUT2D eigenvalue weighted by atomic mass is 16.5. The molecule has 0 aromatic rings.